The van der Waals surface area contributed by atoms with Crippen LogP contribution in [0.15, 0.2) is 11.4 Å². The highest BCUT2D eigenvalue weighted by Gasteiger charge is 2.15. The SMILES string of the molecule is OCC#Cc1csc(CSCC2CCCO2)c1. The Morgan fingerprint density at radius 1 is 1.59 bits per heavy atom. The third-order valence-electron chi connectivity index (χ3n) is 2.54. The van der Waals surface area contributed by atoms with Crippen molar-refractivity contribution in [2.45, 2.75) is 24.7 Å². The maximum atomic E-state index is 8.61. The van der Waals surface area contributed by atoms with Gasteiger partial charge in [-0.15, -0.1) is 11.3 Å². The maximum absolute atomic E-state index is 8.61. The van der Waals surface area contributed by atoms with Crippen LogP contribution in [0.1, 0.15) is 23.3 Å². The predicted molar refractivity (Wildman–Crippen MR) is 73.4 cm³/mol. The minimum absolute atomic E-state index is 0.0705. The molecule has 0 radical (unpaired) electrons. The first-order chi connectivity index (χ1) is 8.38. The maximum Gasteiger partial charge on any atom is 0.104 e. The highest BCUT2D eigenvalue weighted by Crippen LogP contribution is 2.23. The molecule has 1 aromatic rings. The van der Waals surface area contributed by atoms with Crippen molar-refractivity contribution in [1.82, 2.24) is 0 Å². The van der Waals surface area contributed by atoms with Gasteiger partial charge in [0.15, 0.2) is 0 Å². The summed E-state index contributed by atoms with van der Waals surface area (Å²) in [5, 5.41) is 10.7. The molecule has 1 unspecified atom stereocenters. The van der Waals surface area contributed by atoms with Crippen LogP contribution >= 0.6 is 23.1 Å². The molecule has 0 saturated carbocycles. The molecule has 1 aromatic heterocycles. The van der Waals surface area contributed by atoms with Gasteiger partial charge in [-0.3, -0.25) is 0 Å². The predicted octanol–water partition coefficient (Wildman–Crippen LogP) is 2.50. The molecule has 1 aliphatic rings. The van der Waals surface area contributed by atoms with Crippen LogP contribution in [-0.2, 0) is 10.5 Å². The van der Waals surface area contributed by atoms with Crippen LogP contribution in [-0.4, -0.2) is 30.2 Å². The van der Waals surface area contributed by atoms with Gasteiger partial charge in [-0.05, 0) is 18.9 Å². The summed E-state index contributed by atoms with van der Waals surface area (Å²) >= 11 is 3.67. The minimum Gasteiger partial charge on any atom is -0.384 e. The van der Waals surface area contributed by atoms with E-state index < -0.39 is 0 Å². The third-order valence-corrected chi connectivity index (χ3v) is 4.78. The molecule has 0 amide bonds. The van der Waals surface area contributed by atoms with Crippen LogP contribution in [0.3, 0.4) is 0 Å². The van der Waals surface area contributed by atoms with E-state index in [0.29, 0.717) is 6.10 Å². The lowest BCUT2D eigenvalue weighted by Crippen LogP contribution is -2.07. The monoisotopic (exact) mass is 268 g/mol. The van der Waals surface area contributed by atoms with Crippen LogP contribution in [0.2, 0.25) is 0 Å². The summed E-state index contributed by atoms with van der Waals surface area (Å²) < 4.78 is 5.58. The molecule has 0 bridgehead atoms. The standard InChI is InChI=1S/C13H16O2S2/c14-5-1-3-11-7-13(17-8-11)10-16-9-12-4-2-6-15-12/h7-8,12,14H,2,4-6,9-10H2. The van der Waals surface area contributed by atoms with E-state index in [-0.39, 0.29) is 6.61 Å². The zero-order chi connectivity index (χ0) is 11.9. The van der Waals surface area contributed by atoms with Gasteiger partial charge in [0.1, 0.15) is 6.61 Å². The van der Waals surface area contributed by atoms with Crippen LogP contribution < -0.4 is 0 Å². The Kier molecular flexibility index (Phi) is 5.40. The number of aliphatic hydroxyl groups excluding tert-OH is 1. The lowest BCUT2D eigenvalue weighted by molar-refractivity contribution is 0.129. The largest absolute Gasteiger partial charge is 0.384 e. The topological polar surface area (TPSA) is 29.5 Å². The van der Waals surface area contributed by atoms with Gasteiger partial charge < -0.3 is 9.84 Å². The van der Waals surface area contributed by atoms with Gasteiger partial charge in [-0.1, -0.05) is 11.8 Å². The normalized spacial score (nSPS) is 19.0. The van der Waals surface area contributed by atoms with Crippen LogP contribution in [0.25, 0.3) is 0 Å². The van der Waals surface area contributed by atoms with Crippen LogP contribution in [0.5, 0.6) is 0 Å². The molecule has 0 aliphatic carbocycles. The Hall–Kier alpha value is -0.470. The van der Waals surface area contributed by atoms with Gasteiger partial charge in [0.25, 0.3) is 0 Å². The molecule has 2 heterocycles. The van der Waals surface area contributed by atoms with E-state index in [1.807, 2.05) is 17.1 Å². The second-order valence-electron chi connectivity index (χ2n) is 3.91. The number of thioether (sulfide) groups is 1. The fraction of sp³-hybridized carbons (Fsp3) is 0.538. The Morgan fingerprint density at radius 3 is 3.29 bits per heavy atom. The number of hydrogen-bond donors (Lipinski definition) is 1. The number of aliphatic hydroxyl groups is 1. The second kappa shape index (κ2) is 7.07. The molecular formula is C13H16O2S2. The molecule has 0 aromatic carbocycles. The fourth-order valence-electron chi connectivity index (χ4n) is 1.73. The van der Waals surface area contributed by atoms with Gasteiger partial charge in [0.05, 0.1) is 6.10 Å². The van der Waals surface area contributed by atoms with E-state index in [1.54, 1.807) is 11.3 Å². The molecule has 1 atom stereocenters. The van der Waals surface area contributed by atoms with E-state index in [0.717, 1.165) is 23.7 Å². The average molecular weight is 268 g/mol. The summed E-state index contributed by atoms with van der Waals surface area (Å²) in [6.07, 6.45) is 2.89. The van der Waals surface area contributed by atoms with Gasteiger partial charge in [0.2, 0.25) is 0 Å². The molecular weight excluding hydrogens is 252 g/mol. The average Bonchev–Trinajstić information content (AvgIpc) is 2.98. The van der Waals surface area contributed by atoms with Gasteiger partial charge in [-0.25, -0.2) is 0 Å². The third kappa shape index (κ3) is 4.36. The molecule has 2 nitrogen and oxygen atoms in total. The molecule has 92 valence electrons. The smallest absolute Gasteiger partial charge is 0.104 e. The molecule has 1 fully saturated rings. The summed E-state index contributed by atoms with van der Waals surface area (Å²) in [4.78, 5) is 1.34. The van der Waals surface area contributed by atoms with E-state index >= 15 is 0 Å². The number of thiophene rings is 1. The van der Waals surface area contributed by atoms with Gasteiger partial charge >= 0.3 is 0 Å². The van der Waals surface area contributed by atoms with E-state index in [2.05, 4.69) is 17.9 Å². The first-order valence-electron chi connectivity index (χ1n) is 5.75. The first kappa shape index (κ1) is 13.0. The summed E-state index contributed by atoms with van der Waals surface area (Å²) in [6.45, 7) is 0.865. The summed E-state index contributed by atoms with van der Waals surface area (Å²) in [6, 6.07) is 2.11. The summed E-state index contributed by atoms with van der Waals surface area (Å²) in [5.41, 5.74) is 1.01. The van der Waals surface area contributed by atoms with Gasteiger partial charge in [0, 0.05) is 33.9 Å². The van der Waals surface area contributed by atoms with E-state index in [4.69, 9.17) is 9.84 Å². The zero-order valence-electron chi connectivity index (χ0n) is 9.65. The molecule has 2 rings (SSSR count). The van der Waals surface area contributed by atoms with Crippen LogP contribution in [0, 0.1) is 11.8 Å². The van der Waals surface area contributed by atoms with Gasteiger partial charge in [-0.2, -0.15) is 11.8 Å². The molecule has 1 saturated heterocycles. The minimum atomic E-state index is -0.0705. The van der Waals surface area contributed by atoms with Crippen molar-refractivity contribution in [2.75, 3.05) is 19.0 Å². The molecule has 0 spiro atoms. The Bertz CT molecular complexity index is 397. The Morgan fingerprint density at radius 2 is 2.53 bits per heavy atom. The van der Waals surface area contributed by atoms with Crippen molar-refractivity contribution in [3.8, 4) is 11.8 Å². The zero-order valence-corrected chi connectivity index (χ0v) is 11.3. The second-order valence-corrected chi connectivity index (χ2v) is 5.94. The van der Waals surface area contributed by atoms with Crippen LogP contribution in [0.4, 0.5) is 0 Å². The quantitative estimate of drug-likeness (QED) is 0.851. The lowest BCUT2D eigenvalue weighted by Gasteiger charge is -2.07. The van der Waals surface area contributed by atoms with Crippen molar-refractivity contribution in [2.24, 2.45) is 0 Å². The summed E-state index contributed by atoms with van der Waals surface area (Å²) in [5.74, 6) is 7.71. The summed E-state index contributed by atoms with van der Waals surface area (Å²) in [7, 11) is 0. The number of ether oxygens (including phenoxy) is 1. The lowest BCUT2D eigenvalue weighted by atomic mass is 10.3. The molecule has 4 heteroatoms. The highest BCUT2D eigenvalue weighted by atomic mass is 32.2. The van der Waals surface area contributed by atoms with Crippen molar-refractivity contribution >= 4 is 23.1 Å². The molecule has 1 aliphatic heterocycles. The number of rotatable bonds is 4. The first-order valence-corrected chi connectivity index (χ1v) is 7.78. The fourth-order valence-corrected chi connectivity index (χ4v) is 3.78. The molecule has 1 N–H and O–H groups in total. The van der Waals surface area contributed by atoms with Crippen molar-refractivity contribution in [3.63, 3.8) is 0 Å². The Labute approximate surface area is 110 Å². The Balaban J connectivity index is 1.73. The van der Waals surface area contributed by atoms with Crippen molar-refractivity contribution < 1.29 is 9.84 Å². The van der Waals surface area contributed by atoms with E-state index in [1.165, 1.54) is 17.7 Å². The van der Waals surface area contributed by atoms with E-state index in [9.17, 15) is 0 Å². The van der Waals surface area contributed by atoms with Crippen molar-refractivity contribution in [3.05, 3.63) is 21.9 Å². The van der Waals surface area contributed by atoms with Crippen molar-refractivity contribution in [1.29, 1.82) is 0 Å². The number of hydrogen-bond acceptors (Lipinski definition) is 4. The molecule has 17 heavy (non-hydrogen) atoms. The highest BCUT2D eigenvalue weighted by molar-refractivity contribution is 7.98.